The fourth-order valence-electron chi connectivity index (χ4n) is 2.27. The Morgan fingerprint density at radius 2 is 2.23 bits per heavy atom. The molecular formula is C9H15NO2S. The molecule has 2 heterocycles. The van der Waals surface area contributed by atoms with Gasteiger partial charge in [-0.3, -0.25) is 0 Å². The summed E-state index contributed by atoms with van der Waals surface area (Å²) in [5.74, 6) is 0.230. The summed E-state index contributed by atoms with van der Waals surface area (Å²) < 4.78 is 25.1. The van der Waals surface area contributed by atoms with E-state index in [0.717, 1.165) is 19.3 Å². The lowest BCUT2D eigenvalue weighted by atomic mass is 10.2. The third kappa shape index (κ3) is 1.42. The molecule has 0 saturated carbocycles. The molecule has 2 bridgehead atoms. The van der Waals surface area contributed by atoms with Gasteiger partial charge < -0.3 is 0 Å². The molecule has 0 aromatic rings. The standard InChI is InChI=1S/C9H15NO2S/c1-2-13(11,12)10-8-4-3-5-9(10)7-6-8/h3-4,8-9H,2,5-7H2,1H3. The third-order valence-electron chi connectivity index (χ3n) is 2.93. The predicted octanol–water partition coefficient (Wildman–Crippen LogP) is 1.13. The monoisotopic (exact) mass is 201 g/mol. The lowest BCUT2D eigenvalue weighted by Crippen LogP contribution is -2.42. The quantitative estimate of drug-likeness (QED) is 0.628. The van der Waals surface area contributed by atoms with Crippen molar-refractivity contribution in [2.45, 2.75) is 38.3 Å². The average Bonchev–Trinajstić information content (AvgIpc) is 2.39. The van der Waals surface area contributed by atoms with E-state index in [1.807, 2.05) is 6.08 Å². The van der Waals surface area contributed by atoms with Gasteiger partial charge in [-0.05, 0) is 26.2 Å². The van der Waals surface area contributed by atoms with E-state index in [0.29, 0.717) is 0 Å². The zero-order valence-corrected chi connectivity index (χ0v) is 8.63. The summed E-state index contributed by atoms with van der Waals surface area (Å²) >= 11 is 0. The summed E-state index contributed by atoms with van der Waals surface area (Å²) in [5.41, 5.74) is 0. The van der Waals surface area contributed by atoms with Gasteiger partial charge in [0.05, 0.1) is 5.75 Å². The van der Waals surface area contributed by atoms with Crippen molar-refractivity contribution in [3.8, 4) is 0 Å². The van der Waals surface area contributed by atoms with E-state index in [1.165, 1.54) is 0 Å². The highest BCUT2D eigenvalue weighted by Crippen LogP contribution is 2.33. The highest BCUT2D eigenvalue weighted by Gasteiger charge is 2.40. The van der Waals surface area contributed by atoms with Gasteiger partial charge in [-0.25, -0.2) is 8.42 Å². The third-order valence-corrected chi connectivity index (χ3v) is 4.88. The maximum atomic E-state index is 11.7. The van der Waals surface area contributed by atoms with Crippen molar-refractivity contribution in [2.75, 3.05) is 5.75 Å². The molecule has 2 atom stereocenters. The van der Waals surface area contributed by atoms with Crippen LogP contribution in [-0.2, 0) is 10.0 Å². The fraction of sp³-hybridized carbons (Fsp3) is 0.778. The first-order valence-electron chi connectivity index (χ1n) is 4.83. The van der Waals surface area contributed by atoms with E-state index in [-0.39, 0.29) is 17.8 Å². The van der Waals surface area contributed by atoms with Crippen LogP contribution >= 0.6 is 0 Å². The van der Waals surface area contributed by atoms with Crippen LogP contribution in [0.1, 0.15) is 26.2 Å². The molecule has 3 nitrogen and oxygen atoms in total. The second kappa shape index (κ2) is 3.10. The summed E-state index contributed by atoms with van der Waals surface area (Å²) in [5, 5.41) is 0. The Hall–Kier alpha value is -0.350. The Balaban J connectivity index is 2.31. The smallest absolute Gasteiger partial charge is 0.212 e. The predicted molar refractivity (Wildman–Crippen MR) is 51.9 cm³/mol. The minimum Gasteiger partial charge on any atom is -0.212 e. The van der Waals surface area contributed by atoms with Crippen molar-refractivity contribution < 1.29 is 8.42 Å². The molecule has 1 fully saturated rings. The van der Waals surface area contributed by atoms with Crippen molar-refractivity contribution in [3.05, 3.63) is 12.2 Å². The maximum Gasteiger partial charge on any atom is 0.214 e. The molecule has 2 rings (SSSR count). The van der Waals surface area contributed by atoms with Gasteiger partial charge in [0.1, 0.15) is 0 Å². The van der Waals surface area contributed by atoms with Crippen LogP contribution in [0.15, 0.2) is 12.2 Å². The number of hydrogen-bond acceptors (Lipinski definition) is 2. The van der Waals surface area contributed by atoms with E-state index in [2.05, 4.69) is 6.08 Å². The molecule has 2 aliphatic heterocycles. The van der Waals surface area contributed by atoms with Gasteiger partial charge in [0.15, 0.2) is 0 Å². The van der Waals surface area contributed by atoms with E-state index < -0.39 is 10.0 Å². The Morgan fingerprint density at radius 3 is 2.85 bits per heavy atom. The Labute approximate surface area is 79.5 Å². The van der Waals surface area contributed by atoms with Crippen molar-refractivity contribution in [1.82, 2.24) is 4.31 Å². The molecule has 0 N–H and O–H groups in total. The number of fused-ring (bicyclic) bond motifs is 2. The minimum atomic E-state index is -2.98. The zero-order valence-electron chi connectivity index (χ0n) is 7.81. The van der Waals surface area contributed by atoms with Crippen LogP contribution in [0.25, 0.3) is 0 Å². The van der Waals surface area contributed by atoms with Crippen LogP contribution in [0.3, 0.4) is 0 Å². The molecule has 2 unspecified atom stereocenters. The molecule has 74 valence electrons. The normalized spacial score (nSPS) is 33.9. The fourth-order valence-corrected chi connectivity index (χ4v) is 3.80. The number of rotatable bonds is 2. The topological polar surface area (TPSA) is 37.4 Å². The van der Waals surface area contributed by atoms with Crippen LogP contribution in [0, 0.1) is 0 Å². The van der Waals surface area contributed by atoms with Gasteiger partial charge in [-0.1, -0.05) is 12.2 Å². The Kier molecular flexibility index (Phi) is 2.20. The van der Waals surface area contributed by atoms with Gasteiger partial charge in [0.25, 0.3) is 0 Å². The van der Waals surface area contributed by atoms with Gasteiger partial charge in [0, 0.05) is 12.1 Å². The highest BCUT2D eigenvalue weighted by atomic mass is 32.2. The summed E-state index contributed by atoms with van der Waals surface area (Å²) in [6, 6.07) is 0.406. The van der Waals surface area contributed by atoms with E-state index in [9.17, 15) is 8.42 Å². The first-order valence-corrected chi connectivity index (χ1v) is 6.44. The number of nitrogens with zero attached hydrogens (tertiary/aromatic N) is 1. The molecule has 0 aliphatic carbocycles. The van der Waals surface area contributed by atoms with Crippen LogP contribution in [0.5, 0.6) is 0 Å². The van der Waals surface area contributed by atoms with Gasteiger partial charge >= 0.3 is 0 Å². The highest BCUT2D eigenvalue weighted by molar-refractivity contribution is 7.89. The molecule has 0 spiro atoms. The van der Waals surface area contributed by atoms with Crippen molar-refractivity contribution in [3.63, 3.8) is 0 Å². The second-order valence-corrected chi connectivity index (χ2v) is 5.86. The molecule has 0 amide bonds. The van der Waals surface area contributed by atoms with Crippen molar-refractivity contribution in [1.29, 1.82) is 0 Å². The molecule has 1 saturated heterocycles. The molecule has 4 heteroatoms. The first-order chi connectivity index (χ1) is 6.15. The molecule has 13 heavy (non-hydrogen) atoms. The molecule has 0 aromatic heterocycles. The van der Waals surface area contributed by atoms with Gasteiger partial charge in [-0.2, -0.15) is 4.31 Å². The molecule has 2 aliphatic rings. The van der Waals surface area contributed by atoms with Crippen LogP contribution < -0.4 is 0 Å². The minimum absolute atomic E-state index is 0.156. The van der Waals surface area contributed by atoms with Gasteiger partial charge in [-0.15, -0.1) is 0 Å². The Morgan fingerprint density at radius 1 is 1.46 bits per heavy atom. The molecular weight excluding hydrogens is 186 g/mol. The summed E-state index contributed by atoms with van der Waals surface area (Å²) in [6.07, 6.45) is 7.08. The number of hydrogen-bond donors (Lipinski definition) is 0. The van der Waals surface area contributed by atoms with E-state index in [1.54, 1.807) is 11.2 Å². The Bertz CT molecular complexity index is 321. The summed E-state index contributed by atoms with van der Waals surface area (Å²) in [7, 11) is -2.98. The number of sulfonamides is 1. The molecule has 0 radical (unpaired) electrons. The van der Waals surface area contributed by atoms with Gasteiger partial charge in [0.2, 0.25) is 10.0 Å². The average molecular weight is 201 g/mol. The largest absolute Gasteiger partial charge is 0.214 e. The zero-order chi connectivity index (χ0) is 9.47. The van der Waals surface area contributed by atoms with Crippen LogP contribution in [-0.4, -0.2) is 30.6 Å². The van der Waals surface area contributed by atoms with Crippen LogP contribution in [0.4, 0.5) is 0 Å². The maximum absolute atomic E-state index is 11.7. The van der Waals surface area contributed by atoms with E-state index in [4.69, 9.17) is 0 Å². The molecule has 0 aromatic carbocycles. The van der Waals surface area contributed by atoms with E-state index >= 15 is 0 Å². The lowest BCUT2D eigenvalue weighted by Gasteiger charge is -2.29. The summed E-state index contributed by atoms with van der Waals surface area (Å²) in [4.78, 5) is 0. The van der Waals surface area contributed by atoms with Crippen molar-refractivity contribution >= 4 is 10.0 Å². The summed E-state index contributed by atoms with van der Waals surface area (Å²) in [6.45, 7) is 1.72. The lowest BCUT2D eigenvalue weighted by molar-refractivity contribution is 0.342. The first kappa shape index (κ1) is 9.21. The van der Waals surface area contributed by atoms with Crippen LogP contribution in [0.2, 0.25) is 0 Å². The SMILES string of the molecule is CCS(=O)(=O)N1C2C=CCC1CC2. The van der Waals surface area contributed by atoms with Crippen molar-refractivity contribution in [2.24, 2.45) is 0 Å². The second-order valence-electron chi connectivity index (χ2n) is 3.69.